The molecule has 129 heavy (non-hydrogen) atoms. The Labute approximate surface area is 756 Å². The predicted molar refractivity (Wildman–Crippen MR) is 457 cm³/mol. The Morgan fingerprint density at radius 1 is 0.473 bits per heavy atom. The van der Waals surface area contributed by atoms with E-state index in [1.807, 2.05) is 91.2 Å². The summed E-state index contributed by atoms with van der Waals surface area (Å²) in [6, 6.07) is 23.4. The lowest BCUT2D eigenvalue weighted by molar-refractivity contribution is -0.758. The van der Waals surface area contributed by atoms with E-state index < -0.39 is 68.3 Å². The zero-order valence-electron chi connectivity index (χ0n) is 71.7. The van der Waals surface area contributed by atoms with Crippen LogP contribution in [0.3, 0.4) is 0 Å². The zero-order valence-corrected chi connectivity index (χ0v) is 73.9. The van der Waals surface area contributed by atoms with Crippen LogP contribution in [0.1, 0.15) is 134 Å². The van der Waals surface area contributed by atoms with Crippen molar-refractivity contribution in [3.05, 3.63) is 216 Å². The minimum absolute atomic E-state index is 0.00586. The first-order valence-corrected chi connectivity index (χ1v) is 43.5. The number of fused-ring (bicyclic) bond motifs is 4. The number of carbonyl (C=O) groups is 6. The number of ether oxygens (including phenoxy) is 12. The number of rotatable bonds is 49. The maximum atomic E-state index is 15.2. The van der Waals surface area contributed by atoms with E-state index in [9.17, 15) is 58.3 Å². The monoisotopic (exact) mass is 1860 g/mol. The highest BCUT2D eigenvalue weighted by Crippen LogP contribution is 2.48. The second-order valence-electron chi connectivity index (χ2n) is 30.9. The van der Waals surface area contributed by atoms with E-state index in [-0.39, 0.29) is 167 Å². The van der Waals surface area contributed by atoms with Gasteiger partial charge >= 0.3 is 24.3 Å². The normalized spacial score (nSPS) is 16.5. The molecule has 2 saturated heterocycles. The number of aryl methyl sites for hydroxylation is 2. The van der Waals surface area contributed by atoms with Crippen molar-refractivity contribution < 1.29 is 124 Å². The number of halogens is 5. The van der Waals surface area contributed by atoms with Crippen LogP contribution in [0.2, 0.25) is 15.1 Å². The molecule has 0 spiro atoms. The van der Waals surface area contributed by atoms with E-state index in [4.69, 9.17) is 91.6 Å². The molecule has 4 fully saturated rings. The second-order valence-corrected chi connectivity index (χ2v) is 32.1. The lowest BCUT2D eigenvalue weighted by Gasteiger charge is -2.38. The highest BCUT2D eigenvalue weighted by molar-refractivity contribution is 6.37. The summed E-state index contributed by atoms with van der Waals surface area (Å²) in [5.74, 6) is -1.44. The number of nitrogens with zero attached hydrogens (tertiary/aromatic N) is 9. The molecule has 41 heteroatoms. The van der Waals surface area contributed by atoms with Gasteiger partial charge in [-0.2, -0.15) is 0 Å². The standard InChI is InChI=1S/C46H55Cl2N5O16.C42H47ClF2N4O11/c1-30-26-38(47)42(39(48)27-30)63-17-13-32-4-6-33(7-5-32)37-28-36-10-11-40(51(36)45(55)65-22-18-61-20-24-68-52(57)58)41(37)44(54)50(35-8-9-35)29-34-12-14-49-43(31(34)2)64-15-3-16-66-46(56)67-23-19-62-21-25-69-53(59)60;1-26-29(15-17-46-40(26)58-19-16-36(50)55-2)25-47(30-9-10-30)41(51)37-32(24-31-11-14-35(37)48(31)42(52)59-22-20-56-21-23-60-49(53)54)28-7-5-27(6-8-28)4-3-18-57-39-34(45)13-12-33(44)38(39)43/h4-7,12,14,26-27,35-36,40H,3,8-11,13,15-25,28-29H2,1-2H3;5-8,12-13,15,17,30-31,35H,3-4,9-11,14,16,18-25H2,1-2H3. The molecule has 4 bridgehead atoms. The van der Waals surface area contributed by atoms with Gasteiger partial charge in [0.2, 0.25) is 11.8 Å². The molecular formula is C88H102Cl3F2N9O27. The molecule has 2 aliphatic carbocycles. The minimum Gasteiger partial charge on any atom is -0.490 e. The topological polar surface area (TPSA) is 409 Å². The van der Waals surface area contributed by atoms with Crippen LogP contribution >= 0.6 is 34.8 Å². The molecule has 4 unspecified atom stereocenters. The number of amides is 4. The maximum absolute atomic E-state index is 15.2. The van der Waals surface area contributed by atoms with Gasteiger partial charge in [0.1, 0.15) is 57.1 Å². The molecule has 4 amide bonds. The van der Waals surface area contributed by atoms with Gasteiger partial charge in [0.15, 0.2) is 17.3 Å². The summed E-state index contributed by atoms with van der Waals surface area (Å²) in [5, 5.41) is 28.7. The fraction of sp³-hybridized carbons (Fsp3) is 0.500. The van der Waals surface area contributed by atoms with Gasteiger partial charge in [-0.3, -0.25) is 24.2 Å². The molecule has 6 aliphatic rings. The van der Waals surface area contributed by atoms with Crippen LogP contribution in [-0.4, -0.2) is 237 Å². The molecule has 0 N–H and O–H groups in total. The van der Waals surface area contributed by atoms with Crippen molar-refractivity contribution in [2.24, 2.45) is 0 Å². The van der Waals surface area contributed by atoms with Crippen LogP contribution in [-0.2, 0) is 92.7 Å². The predicted octanol–water partition coefficient (Wildman–Crippen LogP) is 14.1. The highest BCUT2D eigenvalue weighted by atomic mass is 35.5. The van der Waals surface area contributed by atoms with Crippen LogP contribution in [0.5, 0.6) is 23.3 Å². The third kappa shape index (κ3) is 28.2. The quantitative estimate of drug-likeness (QED) is 0.00854. The molecule has 6 heterocycles. The summed E-state index contributed by atoms with van der Waals surface area (Å²) < 4.78 is 93.0. The van der Waals surface area contributed by atoms with Gasteiger partial charge in [-0.1, -0.05) is 83.3 Å². The van der Waals surface area contributed by atoms with E-state index in [0.29, 0.717) is 110 Å². The van der Waals surface area contributed by atoms with Crippen molar-refractivity contribution in [3.8, 4) is 23.3 Å². The number of pyridine rings is 2. The summed E-state index contributed by atoms with van der Waals surface area (Å²) in [4.78, 5) is 141. The smallest absolute Gasteiger partial charge is 0.490 e. The Hall–Kier alpha value is -11.7. The van der Waals surface area contributed by atoms with Crippen molar-refractivity contribution in [2.75, 3.05) is 119 Å². The van der Waals surface area contributed by atoms with E-state index in [2.05, 4.69) is 24.5 Å². The number of aromatic nitrogens is 2. The first-order chi connectivity index (χ1) is 62.3. The van der Waals surface area contributed by atoms with E-state index in [1.54, 1.807) is 34.3 Å². The Bertz CT molecular complexity index is 4950. The van der Waals surface area contributed by atoms with Crippen LogP contribution in [0.25, 0.3) is 11.1 Å². The Morgan fingerprint density at radius 3 is 1.36 bits per heavy atom. The fourth-order valence-electron chi connectivity index (χ4n) is 15.6. The van der Waals surface area contributed by atoms with Gasteiger partial charge < -0.3 is 81.2 Å². The summed E-state index contributed by atoms with van der Waals surface area (Å²) in [7, 11) is 1.31. The van der Waals surface area contributed by atoms with Crippen molar-refractivity contribution in [1.82, 2.24) is 29.6 Å². The molecule has 4 atom stereocenters. The highest BCUT2D eigenvalue weighted by Gasteiger charge is 2.51. The average Bonchev–Trinajstić information content (AvgIpc) is 1.65. The second kappa shape index (κ2) is 48.6. The molecule has 4 aromatic carbocycles. The molecular weight excluding hydrogens is 1760 g/mol. The van der Waals surface area contributed by atoms with Gasteiger partial charge in [0.25, 0.3) is 27.1 Å². The van der Waals surface area contributed by atoms with E-state index >= 15 is 9.59 Å². The Kier molecular flexibility index (Phi) is 36.9. The third-order valence-corrected chi connectivity index (χ3v) is 23.1. The Morgan fingerprint density at radius 2 is 0.899 bits per heavy atom. The van der Waals surface area contributed by atoms with Crippen molar-refractivity contribution in [3.63, 3.8) is 0 Å². The number of hydrogen-bond acceptors (Lipinski definition) is 29. The summed E-state index contributed by atoms with van der Waals surface area (Å²) >= 11 is 18.7. The molecule has 2 saturated carbocycles. The largest absolute Gasteiger partial charge is 0.508 e. The summed E-state index contributed by atoms with van der Waals surface area (Å²) in [6.45, 7) is 5.72. The molecule has 6 aromatic rings. The van der Waals surface area contributed by atoms with Gasteiger partial charge in [0, 0.05) is 84.8 Å². The molecule has 696 valence electrons. The average molecular weight is 1860 g/mol. The van der Waals surface area contributed by atoms with Crippen LogP contribution in [0.4, 0.5) is 23.2 Å². The number of methoxy groups -OCH3 is 1. The molecule has 36 nitrogen and oxygen atoms in total. The minimum atomic E-state index is -0.926. The molecule has 12 rings (SSSR count). The van der Waals surface area contributed by atoms with Crippen molar-refractivity contribution in [2.45, 2.75) is 166 Å². The summed E-state index contributed by atoms with van der Waals surface area (Å²) in [6.07, 6.45) is 9.77. The number of carbonyl (C=O) groups excluding carboxylic acids is 6. The van der Waals surface area contributed by atoms with Crippen LogP contribution < -0.4 is 18.9 Å². The van der Waals surface area contributed by atoms with Gasteiger partial charge in [-0.05, 0) is 184 Å². The molecule has 2 aromatic heterocycles. The third-order valence-electron chi connectivity index (χ3n) is 22.2. The molecule has 0 radical (unpaired) electrons. The SMILES string of the molecule is COC(=O)CCOc1nccc(CN(C(=O)C2=C(c3ccc(CCCOc4c(F)ccc(F)c4Cl)cc3)CC3CCC2N3C(=O)OCCOCCO[N+](=O)[O-])C2CC2)c1C.Cc1cc(Cl)c(OCCc2ccc(C3=C(C(=O)N(Cc4ccnc(OCCCOC(=O)OCCOCCO[N+](=O)[O-])c4C)C4CC4)C4CCC(C3)N4C(=O)OCCOCCO[N+](=O)[O-])cc2)c(Cl)c1. The van der Waals surface area contributed by atoms with Gasteiger partial charge in [0.05, 0.1) is 102 Å². The van der Waals surface area contributed by atoms with Crippen molar-refractivity contribution in [1.29, 1.82) is 0 Å². The Balaban J connectivity index is 0.000000252. The first-order valence-electron chi connectivity index (χ1n) is 42.3. The first kappa shape index (κ1) is 97.9. The maximum Gasteiger partial charge on any atom is 0.508 e. The number of hydrogen-bond donors (Lipinski definition) is 0. The van der Waals surface area contributed by atoms with E-state index in [0.717, 1.165) is 99.0 Å². The van der Waals surface area contributed by atoms with E-state index in [1.165, 1.54) is 7.11 Å². The van der Waals surface area contributed by atoms with Crippen LogP contribution in [0.15, 0.2) is 108 Å². The van der Waals surface area contributed by atoms with Gasteiger partial charge in [-0.25, -0.2) is 33.1 Å². The molecule has 4 aliphatic heterocycles. The lowest BCUT2D eigenvalue weighted by atomic mass is 9.87. The lowest BCUT2D eigenvalue weighted by Crippen LogP contribution is -2.49. The van der Waals surface area contributed by atoms with Gasteiger partial charge in [-0.15, -0.1) is 30.3 Å². The van der Waals surface area contributed by atoms with Crippen LogP contribution in [0, 0.1) is 62.7 Å². The summed E-state index contributed by atoms with van der Waals surface area (Å²) in [5.41, 5.74) is 10.5. The van der Waals surface area contributed by atoms with Crippen molar-refractivity contribution >= 4 is 82.1 Å². The number of esters is 1. The zero-order chi connectivity index (χ0) is 92.0. The fourth-order valence-corrected chi connectivity index (χ4v) is 16.5. The number of benzene rings is 4.